The summed E-state index contributed by atoms with van der Waals surface area (Å²) in [6, 6.07) is 5.48. The van der Waals surface area contributed by atoms with Crippen molar-refractivity contribution in [1.82, 2.24) is 20.6 Å². The molecule has 1 saturated carbocycles. The van der Waals surface area contributed by atoms with Gasteiger partial charge in [0.2, 0.25) is 11.8 Å². The molecule has 20 atom stereocenters. The van der Waals surface area contributed by atoms with Crippen molar-refractivity contribution >= 4 is 23.8 Å². The quantitative estimate of drug-likeness (QED) is 0.0618. The van der Waals surface area contributed by atoms with E-state index in [-0.39, 0.29) is 25.1 Å². The zero-order valence-electron chi connectivity index (χ0n) is 38.2. The van der Waals surface area contributed by atoms with Crippen LogP contribution in [-0.2, 0) is 42.7 Å². The number of carboxylic acid groups (broad SMARTS) is 1. The highest BCUT2D eigenvalue weighted by molar-refractivity contribution is 5.93. The standard InChI is InChI=1S/C43H61N5O23/c1-16-22(51)13-43(41(62)63,70-32(16)28(55)23(52)14-49)71-34-29(56)25(15-50)67-40(35(34)68-38(61)18-6-4-3-5-7-18)66-24-11-19(36(59)45-9-8-44)10-20(46-37(60)21-12-26(53)48-42(64)47-21)33(24)69-39-31(58)30(57)27(54)17(2)65-39/h3-7,12,16-17,19-20,22-25,27-35,39-40,49-52,54-58H,8-11,13-15,44H2,1-2H3,(H,45,59)(H,46,60)(H,62,63)(H2,47,48,53,64)/t16?,17?,19?,20?,22?,23-,24?,25?,27?,28-,29?,30?,31?,32?,33?,34?,35?,39?,40?,43?/m1/s1. The van der Waals surface area contributed by atoms with Crippen LogP contribution in [0.15, 0.2) is 36.4 Å². The van der Waals surface area contributed by atoms with Crippen LogP contribution in [-0.4, -0.2) is 231 Å². The number of carbonyl (C=O) groups excluding carboxylic acids is 3. The Bertz CT molecular complexity index is 2110. The molecule has 4 heterocycles. The number of aliphatic hydroxyl groups excluding tert-OH is 9. The van der Waals surface area contributed by atoms with Gasteiger partial charge in [-0.1, -0.05) is 25.1 Å². The van der Waals surface area contributed by atoms with Crippen molar-refractivity contribution in [2.24, 2.45) is 17.6 Å². The van der Waals surface area contributed by atoms with Gasteiger partial charge < -0.3 is 111 Å². The number of rotatable bonds is 18. The fourth-order valence-electron chi connectivity index (χ4n) is 8.88. The highest BCUT2D eigenvalue weighted by Crippen LogP contribution is 2.42. The molecule has 0 bridgehead atoms. The fraction of sp³-hybridized carbons (Fsp3) is 0.674. The van der Waals surface area contributed by atoms with E-state index in [1.807, 2.05) is 0 Å². The van der Waals surface area contributed by atoms with Crippen LogP contribution in [0.25, 0.3) is 0 Å². The number of aromatic hydroxyl groups is 2. The number of nitrogens with two attached hydrogens (primary N) is 1. The maximum Gasteiger partial charge on any atom is 0.364 e. The molecule has 4 fully saturated rings. The summed E-state index contributed by atoms with van der Waals surface area (Å²) in [4.78, 5) is 61.9. The van der Waals surface area contributed by atoms with Gasteiger partial charge in [-0.25, -0.2) is 9.59 Å². The third kappa shape index (κ3) is 12.5. The zero-order chi connectivity index (χ0) is 52.1. The summed E-state index contributed by atoms with van der Waals surface area (Å²) in [5.41, 5.74) is 4.95. The molecule has 18 unspecified atom stereocenters. The Hall–Kier alpha value is -4.86. The Labute approximate surface area is 403 Å². The molecule has 28 heteroatoms. The van der Waals surface area contributed by atoms with Crippen LogP contribution < -0.4 is 16.4 Å². The molecule has 28 nitrogen and oxygen atoms in total. The van der Waals surface area contributed by atoms with Gasteiger partial charge in [0.25, 0.3) is 11.7 Å². The molecular weight excluding hydrogens is 954 g/mol. The largest absolute Gasteiger partial charge is 0.493 e. The summed E-state index contributed by atoms with van der Waals surface area (Å²) in [6.07, 6.45) is -31.3. The Balaban J connectivity index is 1.47. The van der Waals surface area contributed by atoms with Gasteiger partial charge >= 0.3 is 17.9 Å². The van der Waals surface area contributed by atoms with Crippen molar-refractivity contribution in [3.05, 3.63) is 47.7 Å². The van der Waals surface area contributed by atoms with Crippen LogP contribution >= 0.6 is 0 Å². The third-order valence-electron chi connectivity index (χ3n) is 12.8. The lowest BCUT2D eigenvalue weighted by molar-refractivity contribution is -0.380. The highest BCUT2D eigenvalue weighted by atomic mass is 16.8. The number of esters is 1. The van der Waals surface area contributed by atoms with Gasteiger partial charge in [0, 0.05) is 37.4 Å². The molecule has 2 aromatic rings. The van der Waals surface area contributed by atoms with Gasteiger partial charge in [-0.15, -0.1) is 0 Å². The van der Waals surface area contributed by atoms with Crippen LogP contribution in [0, 0.1) is 11.8 Å². The first kappa shape index (κ1) is 55.5. The number of nitrogens with one attached hydrogen (secondary N) is 2. The molecule has 4 aliphatic rings. The van der Waals surface area contributed by atoms with Crippen molar-refractivity contribution in [2.45, 2.75) is 143 Å². The first-order chi connectivity index (χ1) is 33.6. The topological polar surface area (TPSA) is 452 Å². The summed E-state index contributed by atoms with van der Waals surface area (Å²) >= 11 is 0. The number of nitrogens with zero attached hydrogens (tertiary/aromatic N) is 2. The second kappa shape index (κ2) is 23.8. The van der Waals surface area contributed by atoms with Crippen LogP contribution in [0.5, 0.6) is 11.9 Å². The lowest BCUT2D eigenvalue weighted by atomic mass is 9.80. The molecule has 0 spiro atoms. The molecule has 16 N–H and O–H groups in total. The minimum absolute atomic E-state index is 0.00981. The Morgan fingerprint density at radius 1 is 0.887 bits per heavy atom. The van der Waals surface area contributed by atoms with Gasteiger partial charge in [0.1, 0.15) is 60.6 Å². The normalized spacial score (nSPS) is 37.3. The number of ether oxygens (including phenoxy) is 7. The van der Waals surface area contributed by atoms with Crippen molar-refractivity contribution in [3.8, 4) is 11.9 Å². The maximum atomic E-state index is 14.0. The minimum atomic E-state index is -3.07. The molecule has 2 amide bonds. The van der Waals surface area contributed by atoms with Crippen molar-refractivity contribution in [2.75, 3.05) is 26.3 Å². The Morgan fingerprint density at radius 2 is 1.59 bits per heavy atom. The highest BCUT2D eigenvalue weighted by Gasteiger charge is 2.60. The molecule has 6 rings (SSSR count). The number of aliphatic carboxylic acids is 1. The van der Waals surface area contributed by atoms with Crippen LogP contribution in [0.3, 0.4) is 0 Å². The molecular formula is C43H61N5O23. The van der Waals surface area contributed by atoms with Crippen LogP contribution in [0.4, 0.5) is 0 Å². The number of hydrogen-bond donors (Lipinski definition) is 15. The number of aliphatic hydroxyl groups is 9. The van der Waals surface area contributed by atoms with E-state index in [1.165, 1.54) is 38.1 Å². The van der Waals surface area contributed by atoms with E-state index in [0.717, 1.165) is 6.07 Å². The van der Waals surface area contributed by atoms with Crippen molar-refractivity contribution in [1.29, 1.82) is 0 Å². The number of carbonyl (C=O) groups is 4. The predicted molar refractivity (Wildman–Crippen MR) is 230 cm³/mol. The predicted octanol–water partition coefficient (Wildman–Crippen LogP) is -5.96. The second-order valence-electron chi connectivity index (χ2n) is 17.7. The summed E-state index contributed by atoms with van der Waals surface area (Å²) < 4.78 is 42.4. The Kier molecular flexibility index (Phi) is 18.6. The van der Waals surface area contributed by atoms with Gasteiger partial charge in [-0.05, 0) is 31.9 Å². The Morgan fingerprint density at radius 3 is 2.23 bits per heavy atom. The van der Waals surface area contributed by atoms with Gasteiger partial charge in [0.05, 0.1) is 49.2 Å². The molecule has 0 radical (unpaired) electrons. The SMILES string of the molecule is CC1OC(OC2C(NC(=O)c3cc(O)nc(O)n3)CC(C(=O)NCCN)CC2OC2OC(CO)C(O)C(OC3(C(=O)O)CC(O)C(C)C([C@H](O)[C@H](O)CO)O3)C2OC(=O)c2ccccc2)C(O)C(O)C1O. The monoisotopic (exact) mass is 1020 g/mol. The molecule has 3 aliphatic heterocycles. The molecule has 1 aromatic carbocycles. The van der Waals surface area contributed by atoms with E-state index in [1.54, 1.807) is 6.07 Å². The average Bonchev–Trinajstić information content (AvgIpc) is 3.34. The van der Waals surface area contributed by atoms with Crippen LogP contribution in [0.1, 0.15) is 54.0 Å². The summed E-state index contributed by atoms with van der Waals surface area (Å²) in [7, 11) is 0. The molecule has 1 aromatic heterocycles. The first-order valence-corrected chi connectivity index (χ1v) is 22.6. The smallest absolute Gasteiger partial charge is 0.364 e. The van der Waals surface area contributed by atoms with E-state index in [9.17, 15) is 80.5 Å². The van der Waals surface area contributed by atoms with E-state index >= 15 is 0 Å². The molecule has 3 saturated heterocycles. The number of aromatic nitrogens is 2. The lowest BCUT2D eigenvalue weighted by Gasteiger charge is -2.51. The zero-order valence-corrected chi connectivity index (χ0v) is 38.2. The average molecular weight is 1020 g/mol. The molecule has 71 heavy (non-hydrogen) atoms. The number of amides is 2. The van der Waals surface area contributed by atoms with Crippen molar-refractivity contribution < 1.29 is 114 Å². The minimum Gasteiger partial charge on any atom is -0.493 e. The van der Waals surface area contributed by atoms with E-state index in [2.05, 4.69) is 20.6 Å². The number of benzene rings is 1. The van der Waals surface area contributed by atoms with E-state index in [0.29, 0.717) is 0 Å². The molecule has 1 aliphatic carbocycles. The second-order valence-corrected chi connectivity index (χ2v) is 17.7. The third-order valence-corrected chi connectivity index (χ3v) is 12.8. The molecule has 396 valence electrons. The maximum absolute atomic E-state index is 14.0. The fourth-order valence-corrected chi connectivity index (χ4v) is 8.88. The summed E-state index contributed by atoms with van der Waals surface area (Å²) in [5.74, 6) is -11.1. The van der Waals surface area contributed by atoms with Gasteiger partial charge in [0.15, 0.2) is 18.7 Å². The first-order valence-electron chi connectivity index (χ1n) is 22.6. The summed E-state index contributed by atoms with van der Waals surface area (Å²) in [6.45, 7) is 0.549. The van der Waals surface area contributed by atoms with Gasteiger partial charge in [-0.2, -0.15) is 9.97 Å². The summed E-state index contributed by atoms with van der Waals surface area (Å²) in [5, 5.41) is 133. The number of carboxylic acids is 1. The number of hydrogen-bond acceptors (Lipinski definition) is 25. The lowest BCUT2D eigenvalue weighted by Crippen LogP contribution is -2.68. The van der Waals surface area contributed by atoms with E-state index < -0.39 is 189 Å². The van der Waals surface area contributed by atoms with Crippen LogP contribution in [0.2, 0.25) is 0 Å². The van der Waals surface area contributed by atoms with Gasteiger partial charge in [-0.3, -0.25) is 9.59 Å². The van der Waals surface area contributed by atoms with E-state index in [4.69, 9.17) is 38.9 Å². The van der Waals surface area contributed by atoms with Crippen molar-refractivity contribution in [3.63, 3.8) is 0 Å².